The number of alkyl halides is 1. The van der Waals surface area contributed by atoms with Gasteiger partial charge in [0.25, 0.3) is 11.2 Å². The summed E-state index contributed by atoms with van der Waals surface area (Å²) >= 11 is 6.26. The third-order valence-corrected chi connectivity index (χ3v) is 3.54. The van der Waals surface area contributed by atoms with Gasteiger partial charge in [-0.2, -0.15) is 0 Å². The Labute approximate surface area is 126 Å². The van der Waals surface area contributed by atoms with Gasteiger partial charge in [-0.1, -0.05) is 13.8 Å². The summed E-state index contributed by atoms with van der Waals surface area (Å²) in [5.41, 5.74) is 0.466. The fraction of sp³-hybridized carbons (Fsp3) is 0.429. The maximum absolute atomic E-state index is 11.7. The van der Waals surface area contributed by atoms with Crippen molar-refractivity contribution in [3.8, 4) is 0 Å². The van der Waals surface area contributed by atoms with E-state index in [1.165, 1.54) is 12.4 Å². The van der Waals surface area contributed by atoms with Crippen molar-refractivity contribution in [1.82, 2.24) is 9.97 Å². The van der Waals surface area contributed by atoms with Crippen LogP contribution in [0, 0.1) is 16.0 Å². The lowest BCUT2D eigenvalue weighted by atomic mass is 10.00. The van der Waals surface area contributed by atoms with E-state index in [4.69, 9.17) is 11.6 Å². The lowest BCUT2D eigenvalue weighted by Gasteiger charge is -2.12. The van der Waals surface area contributed by atoms with Crippen molar-refractivity contribution in [2.75, 3.05) is 0 Å². The number of H-pyrrole nitrogens is 1. The van der Waals surface area contributed by atoms with Crippen LogP contribution in [0.25, 0.3) is 10.9 Å². The molecule has 0 amide bonds. The number of nitrogens with zero attached hydrogens (tertiary/aromatic N) is 2. The van der Waals surface area contributed by atoms with E-state index in [9.17, 15) is 14.9 Å². The molecule has 0 aliphatic heterocycles. The molecule has 0 spiro atoms. The molecule has 21 heavy (non-hydrogen) atoms. The number of aromatic nitrogens is 2. The van der Waals surface area contributed by atoms with E-state index in [1.807, 2.05) is 13.8 Å². The molecule has 1 unspecified atom stereocenters. The number of hydrogen-bond donors (Lipinski definition) is 1. The first kappa shape index (κ1) is 15.4. The minimum atomic E-state index is -0.486. The molecule has 0 fully saturated rings. The molecule has 6 nitrogen and oxygen atoms in total. The van der Waals surface area contributed by atoms with Gasteiger partial charge in [-0.05, 0) is 24.8 Å². The zero-order valence-electron chi connectivity index (χ0n) is 11.8. The Morgan fingerprint density at radius 3 is 2.76 bits per heavy atom. The van der Waals surface area contributed by atoms with Crippen LogP contribution >= 0.6 is 11.6 Å². The third-order valence-electron chi connectivity index (χ3n) is 3.21. The highest BCUT2D eigenvalue weighted by Gasteiger charge is 2.20. The summed E-state index contributed by atoms with van der Waals surface area (Å²) in [5, 5.41) is 11.2. The molecule has 0 saturated heterocycles. The van der Waals surface area contributed by atoms with Crippen LogP contribution in [0.1, 0.15) is 25.8 Å². The summed E-state index contributed by atoms with van der Waals surface area (Å²) in [6.45, 7) is 4.09. The second kappa shape index (κ2) is 6.22. The SMILES string of the molecule is CC(C)CC(Cl)Cc1cc2nc[nH]c(=O)c2cc1[N+](=O)[O-]. The first-order chi connectivity index (χ1) is 9.88. The number of fused-ring (bicyclic) bond motifs is 1. The summed E-state index contributed by atoms with van der Waals surface area (Å²) in [6.07, 6.45) is 2.42. The Morgan fingerprint density at radius 2 is 2.14 bits per heavy atom. The molecule has 0 aliphatic rings. The molecule has 0 aliphatic carbocycles. The zero-order chi connectivity index (χ0) is 15.6. The monoisotopic (exact) mass is 309 g/mol. The summed E-state index contributed by atoms with van der Waals surface area (Å²) < 4.78 is 0. The van der Waals surface area contributed by atoms with E-state index in [1.54, 1.807) is 6.07 Å². The molecular weight excluding hydrogens is 294 g/mol. The second-order valence-electron chi connectivity index (χ2n) is 5.42. The van der Waals surface area contributed by atoms with Crippen LogP contribution in [0.3, 0.4) is 0 Å². The van der Waals surface area contributed by atoms with Gasteiger partial charge >= 0.3 is 0 Å². The third kappa shape index (κ3) is 3.58. The molecule has 112 valence electrons. The van der Waals surface area contributed by atoms with Crippen molar-refractivity contribution in [2.45, 2.75) is 32.1 Å². The Balaban J connectivity index is 2.48. The average Bonchev–Trinajstić information content (AvgIpc) is 2.37. The number of nitro groups is 1. The quantitative estimate of drug-likeness (QED) is 0.522. The molecule has 1 heterocycles. The molecule has 0 saturated carbocycles. The van der Waals surface area contributed by atoms with E-state index in [-0.39, 0.29) is 22.0 Å². The maximum atomic E-state index is 11.7. The van der Waals surface area contributed by atoms with E-state index >= 15 is 0 Å². The van der Waals surface area contributed by atoms with E-state index in [2.05, 4.69) is 9.97 Å². The van der Waals surface area contributed by atoms with Gasteiger partial charge in [-0.25, -0.2) is 4.98 Å². The highest BCUT2D eigenvalue weighted by molar-refractivity contribution is 6.20. The molecule has 1 N–H and O–H groups in total. The largest absolute Gasteiger partial charge is 0.313 e. The van der Waals surface area contributed by atoms with Gasteiger partial charge in [-0.15, -0.1) is 11.6 Å². The maximum Gasteiger partial charge on any atom is 0.273 e. The molecule has 7 heteroatoms. The fourth-order valence-corrected chi connectivity index (χ4v) is 2.84. The van der Waals surface area contributed by atoms with Crippen LogP contribution < -0.4 is 5.56 Å². The number of nitrogens with one attached hydrogen (secondary N) is 1. The Kier molecular flexibility index (Phi) is 4.57. The molecule has 0 bridgehead atoms. The number of hydrogen-bond acceptors (Lipinski definition) is 4. The highest BCUT2D eigenvalue weighted by atomic mass is 35.5. The summed E-state index contributed by atoms with van der Waals surface area (Å²) in [6, 6.07) is 2.86. The van der Waals surface area contributed by atoms with Crippen molar-refractivity contribution in [2.24, 2.45) is 5.92 Å². The van der Waals surface area contributed by atoms with Gasteiger partial charge in [0.15, 0.2) is 0 Å². The number of halogens is 1. The van der Waals surface area contributed by atoms with Crippen LogP contribution in [0.2, 0.25) is 0 Å². The Bertz CT molecular complexity index is 727. The molecule has 1 aromatic heterocycles. The summed E-state index contributed by atoms with van der Waals surface area (Å²) in [7, 11) is 0. The van der Waals surface area contributed by atoms with Crippen LogP contribution in [0.4, 0.5) is 5.69 Å². The standard InChI is InChI=1S/C14H16ClN3O3/c1-8(2)3-10(15)4-9-5-12-11(6-13(9)18(20)21)14(19)17-7-16-12/h5-8,10H,3-4H2,1-2H3,(H,16,17,19). The molecular formula is C14H16ClN3O3. The highest BCUT2D eigenvalue weighted by Crippen LogP contribution is 2.26. The average molecular weight is 310 g/mol. The Hall–Kier alpha value is -1.95. The predicted molar refractivity (Wildman–Crippen MR) is 81.8 cm³/mol. The summed E-state index contributed by atoms with van der Waals surface area (Å²) in [5.74, 6) is 0.410. The fourth-order valence-electron chi connectivity index (χ4n) is 2.31. The van der Waals surface area contributed by atoms with Crippen LogP contribution in [0.5, 0.6) is 0 Å². The molecule has 0 radical (unpaired) electrons. The lowest BCUT2D eigenvalue weighted by Crippen LogP contribution is -2.11. The van der Waals surface area contributed by atoms with Crippen molar-refractivity contribution in [3.05, 3.63) is 44.5 Å². The van der Waals surface area contributed by atoms with E-state index in [0.29, 0.717) is 23.4 Å². The lowest BCUT2D eigenvalue weighted by molar-refractivity contribution is -0.385. The predicted octanol–water partition coefficient (Wildman–Crippen LogP) is 3.03. The van der Waals surface area contributed by atoms with Crippen molar-refractivity contribution in [1.29, 1.82) is 0 Å². The minimum absolute atomic E-state index is 0.0876. The molecule has 2 aromatic rings. The van der Waals surface area contributed by atoms with Gasteiger partial charge in [-0.3, -0.25) is 14.9 Å². The number of rotatable bonds is 5. The number of nitro benzene ring substituents is 1. The van der Waals surface area contributed by atoms with Crippen LogP contribution in [0.15, 0.2) is 23.3 Å². The minimum Gasteiger partial charge on any atom is -0.313 e. The van der Waals surface area contributed by atoms with Crippen molar-refractivity contribution < 1.29 is 4.92 Å². The van der Waals surface area contributed by atoms with Gasteiger partial charge < -0.3 is 4.98 Å². The van der Waals surface area contributed by atoms with Crippen molar-refractivity contribution in [3.63, 3.8) is 0 Å². The van der Waals surface area contributed by atoms with Gasteiger partial charge in [0.05, 0.1) is 22.2 Å². The van der Waals surface area contributed by atoms with Gasteiger partial charge in [0.2, 0.25) is 0 Å². The number of benzene rings is 1. The first-order valence-corrected chi connectivity index (χ1v) is 7.11. The smallest absolute Gasteiger partial charge is 0.273 e. The van der Waals surface area contributed by atoms with Crippen molar-refractivity contribution >= 4 is 28.2 Å². The Morgan fingerprint density at radius 1 is 1.43 bits per heavy atom. The summed E-state index contributed by atoms with van der Waals surface area (Å²) in [4.78, 5) is 28.9. The first-order valence-electron chi connectivity index (χ1n) is 6.67. The normalized spacial score (nSPS) is 12.8. The number of aromatic amines is 1. The van der Waals surface area contributed by atoms with Gasteiger partial charge in [0.1, 0.15) is 0 Å². The molecule has 1 aromatic carbocycles. The van der Waals surface area contributed by atoms with E-state index in [0.717, 1.165) is 6.42 Å². The molecule has 2 rings (SSSR count). The second-order valence-corrected chi connectivity index (χ2v) is 6.04. The zero-order valence-corrected chi connectivity index (χ0v) is 12.6. The topological polar surface area (TPSA) is 88.9 Å². The van der Waals surface area contributed by atoms with Gasteiger partial charge in [0, 0.05) is 17.0 Å². The van der Waals surface area contributed by atoms with Crippen LogP contribution in [-0.2, 0) is 6.42 Å². The molecule has 1 atom stereocenters. The van der Waals surface area contributed by atoms with E-state index < -0.39 is 4.92 Å². The van der Waals surface area contributed by atoms with Crippen LogP contribution in [-0.4, -0.2) is 20.3 Å².